The summed E-state index contributed by atoms with van der Waals surface area (Å²) in [5.74, 6) is -0.509. The van der Waals surface area contributed by atoms with Crippen LogP contribution < -0.4 is 10.1 Å². The Hall–Kier alpha value is -2.40. The maximum atomic E-state index is 10.7. The van der Waals surface area contributed by atoms with E-state index >= 15 is 0 Å². The zero-order valence-corrected chi connectivity index (χ0v) is 14.1. The molecule has 128 valence electrons. The van der Waals surface area contributed by atoms with Crippen LogP contribution in [-0.4, -0.2) is 22.8 Å². The van der Waals surface area contributed by atoms with Crippen molar-refractivity contribution in [2.75, 3.05) is 11.9 Å². The molecule has 6 heteroatoms. The fourth-order valence-electron chi connectivity index (χ4n) is 2.29. The minimum atomic E-state index is -0.810. The fourth-order valence-corrected chi connectivity index (χ4v) is 2.52. The maximum Gasteiger partial charge on any atom is 0.303 e. The van der Waals surface area contributed by atoms with E-state index in [2.05, 4.69) is 5.32 Å². The Labute approximate surface area is 145 Å². The summed E-state index contributed by atoms with van der Waals surface area (Å²) in [4.78, 5) is 10.7. The summed E-state index contributed by atoms with van der Waals surface area (Å²) in [6.07, 6.45) is 0.596. The van der Waals surface area contributed by atoms with Crippen LogP contribution in [0.5, 0.6) is 11.5 Å². The highest BCUT2D eigenvalue weighted by Crippen LogP contribution is 2.35. The number of phenolic OH excluding ortho intramolecular Hbond substituents is 1. The van der Waals surface area contributed by atoms with Gasteiger partial charge < -0.3 is 20.3 Å². The number of ether oxygens (including phenoxy) is 1. The first-order valence-corrected chi connectivity index (χ1v) is 8.06. The number of carboxylic acid groups (broad SMARTS) is 1. The van der Waals surface area contributed by atoms with Crippen LogP contribution in [-0.2, 0) is 17.8 Å². The zero-order chi connectivity index (χ0) is 17.5. The van der Waals surface area contributed by atoms with Crippen LogP contribution in [0.1, 0.15) is 24.5 Å². The van der Waals surface area contributed by atoms with Gasteiger partial charge >= 0.3 is 5.97 Å². The molecule has 0 fully saturated rings. The van der Waals surface area contributed by atoms with Gasteiger partial charge in [-0.3, -0.25) is 4.79 Å². The van der Waals surface area contributed by atoms with Gasteiger partial charge in [0, 0.05) is 18.7 Å². The number of aryl methyl sites for hydroxylation is 1. The van der Waals surface area contributed by atoms with Crippen molar-refractivity contribution in [2.24, 2.45) is 0 Å². The van der Waals surface area contributed by atoms with Crippen molar-refractivity contribution in [1.29, 1.82) is 0 Å². The Morgan fingerprint density at radius 3 is 2.75 bits per heavy atom. The third kappa shape index (κ3) is 5.06. The molecule has 0 spiro atoms. The van der Waals surface area contributed by atoms with E-state index in [4.69, 9.17) is 21.4 Å². The number of hydrogen-bond donors (Lipinski definition) is 3. The summed E-state index contributed by atoms with van der Waals surface area (Å²) in [6.45, 7) is 2.77. The van der Waals surface area contributed by atoms with E-state index in [1.807, 2.05) is 31.2 Å². The average Bonchev–Trinajstić information content (AvgIpc) is 2.56. The summed E-state index contributed by atoms with van der Waals surface area (Å²) in [5.41, 5.74) is 2.72. The van der Waals surface area contributed by atoms with Gasteiger partial charge in [0.2, 0.25) is 0 Å². The number of anilines is 1. The standard InChI is InChI=1S/C18H20ClNO4/c1-2-24-16-10-13(9-15(19)18(16)23)11-20-14-5-3-4-12(8-14)6-7-17(21)22/h3-5,8-10,20,23H,2,6-7,11H2,1H3,(H,21,22). The number of aromatic hydroxyl groups is 1. The summed E-state index contributed by atoms with van der Waals surface area (Å²) in [5, 5.41) is 22.1. The number of carboxylic acids is 1. The first kappa shape index (κ1) is 17.9. The lowest BCUT2D eigenvalue weighted by Crippen LogP contribution is -2.02. The van der Waals surface area contributed by atoms with Gasteiger partial charge in [-0.15, -0.1) is 0 Å². The monoisotopic (exact) mass is 349 g/mol. The molecule has 24 heavy (non-hydrogen) atoms. The van der Waals surface area contributed by atoms with Crippen molar-refractivity contribution >= 4 is 23.3 Å². The van der Waals surface area contributed by atoms with E-state index in [9.17, 15) is 9.90 Å². The second kappa shape index (κ2) is 8.45. The van der Waals surface area contributed by atoms with E-state index in [-0.39, 0.29) is 17.2 Å². The Bertz CT molecular complexity index is 718. The Morgan fingerprint density at radius 2 is 2.04 bits per heavy atom. The summed E-state index contributed by atoms with van der Waals surface area (Å²) < 4.78 is 5.37. The zero-order valence-electron chi connectivity index (χ0n) is 13.4. The fraction of sp³-hybridized carbons (Fsp3) is 0.278. The largest absolute Gasteiger partial charge is 0.503 e. The lowest BCUT2D eigenvalue weighted by molar-refractivity contribution is -0.136. The molecule has 0 saturated carbocycles. The number of halogens is 1. The number of hydrogen-bond acceptors (Lipinski definition) is 4. The number of rotatable bonds is 8. The van der Waals surface area contributed by atoms with Gasteiger partial charge in [0.1, 0.15) is 0 Å². The van der Waals surface area contributed by atoms with Crippen molar-refractivity contribution < 1.29 is 19.7 Å². The third-order valence-electron chi connectivity index (χ3n) is 3.44. The van der Waals surface area contributed by atoms with E-state index in [1.165, 1.54) is 0 Å². The van der Waals surface area contributed by atoms with E-state index in [1.54, 1.807) is 12.1 Å². The minimum absolute atomic E-state index is 0.0575. The van der Waals surface area contributed by atoms with Gasteiger partial charge in [0.15, 0.2) is 11.5 Å². The predicted molar refractivity (Wildman–Crippen MR) is 94.0 cm³/mol. The highest BCUT2D eigenvalue weighted by atomic mass is 35.5. The summed E-state index contributed by atoms with van der Waals surface area (Å²) in [6, 6.07) is 11.0. The van der Waals surface area contributed by atoms with Crippen LogP contribution in [0.2, 0.25) is 5.02 Å². The molecule has 0 saturated heterocycles. The first-order valence-electron chi connectivity index (χ1n) is 7.68. The molecule has 2 aromatic carbocycles. The Kier molecular flexibility index (Phi) is 6.32. The van der Waals surface area contributed by atoms with Gasteiger partial charge in [0.05, 0.1) is 11.6 Å². The van der Waals surface area contributed by atoms with Crippen LogP contribution in [0.3, 0.4) is 0 Å². The first-order chi connectivity index (χ1) is 11.5. The average molecular weight is 350 g/mol. The molecule has 0 heterocycles. The molecule has 0 unspecified atom stereocenters. The van der Waals surface area contributed by atoms with E-state index < -0.39 is 5.97 Å². The van der Waals surface area contributed by atoms with Crippen molar-refractivity contribution in [1.82, 2.24) is 0 Å². The second-order valence-corrected chi connectivity index (χ2v) is 5.71. The lowest BCUT2D eigenvalue weighted by Gasteiger charge is -2.12. The summed E-state index contributed by atoms with van der Waals surface area (Å²) in [7, 11) is 0. The SMILES string of the molecule is CCOc1cc(CNc2cccc(CCC(=O)O)c2)cc(Cl)c1O. The molecule has 0 aliphatic carbocycles. The van der Waals surface area contributed by atoms with Crippen LogP contribution in [0.25, 0.3) is 0 Å². The Balaban J connectivity index is 2.05. The molecule has 0 aliphatic heterocycles. The third-order valence-corrected chi connectivity index (χ3v) is 3.73. The van der Waals surface area contributed by atoms with Crippen LogP contribution >= 0.6 is 11.6 Å². The molecule has 0 atom stereocenters. The highest BCUT2D eigenvalue weighted by Gasteiger charge is 2.09. The Morgan fingerprint density at radius 1 is 1.25 bits per heavy atom. The van der Waals surface area contributed by atoms with Crippen molar-refractivity contribution in [2.45, 2.75) is 26.3 Å². The number of benzene rings is 2. The van der Waals surface area contributed by atoms with Crippen LogP contribution in [0, 0.1) is 0 Å². The smallest absolute Gasteiger partial charge is 0.303 e. The van der Waals surface area contributed by atoms with Gasteiger partial charge in [0.25, 0.3) is 0 Å². The summed E-state index contributed by atoms with van der Waals surface area (Å²) >= 11 is 6.02. The predicted octanol–water partition coefficient (Wildman–Crippen LogP) is 4.07. The molecule has 2 rings (SSSR count). The normalized spacial score (nSPS) is 10.4. The van der Waals surface area contributed by atoms with Gasteiger partial charge in [-0.05, 0) is 48.7 Å². The molecule has 5 nitrogen and oxygen atoms in total. The molecule has 0 radical (unpaired) electrons. The quantitative estimate of drug-likeness (QED) is 0.669. The van der Waals surface area contributed by atoms with Crippen molar-refractivity contribution in [3.8, 4) is 11.5 Å². The molecule has 2 aromatic rings. The molecule has 0 amide bonds. The van der Waals surface area contributed by atoms with Gasteiger partial charge in [-0.1, -0.05) is 23.7 Å². The minimum Gasteiger partial charge on any atom is -0.503 e. The number of nitrogens with one attached hydrogen (secondary N) is 1. The topological polar surface area (TPSA) is 78.8 Å². The van der Waals surface area contributed by atoms with E-state index in [0.717, 1.165) is 16.8 Å². The van der Waals surface area contributed by atoms with Gasteiger partial charge in [-0.25, -0.2) is 0 Å². The van der Waals surface area contributed by atoms with Crippen molar-refractivity contribution in [3.05, 3.63) is 52.5 Å². The number of phenols is 1. The highest BCUT2D eigenvalue weighted by molar-refractivity contribution is 6.32. The number of carbonyl (C=O) groups is 1. The van der Waals surface area contributed by atoms with Crippen LogP contribution in [0.15, 0.2) is 36.4 Å². The molecule has 0 aliphatic rings. The second-order valence-electron chi connectivity index (χ2n) is 5.31. The van der Waals surface area contributed by atoms with Gasteiger partial charge in [-0.2, -0.15) is 0 Å². The van der Waals surface area contributed by atoms with Crippen molar-refractivity contribution in [3.63, 3.8) is 0 Å². The molecule has 0 bridgehead atoms. The molecule has 3 N–H and O–H groups in total. The lowest BCUT2D eigenvalue weighted by atomic mass is 10.1. The molecular weight excluding hydrogens is 330 g/mol. The molecular formula is C18H20ClNO4. The van der Waals surface area contributed by atoms with E-state index in [0.29, 0.717) is 25.3 Å². The molecule has 0 aromatic heterocycles. The maximum absolute atomic E-state index is 10.7. The number of aliphatic carboxylic acids is 1. The van der Waals surface area contributed by atoms with Crippen LogP contribution in [0.4, 0.5) is 5.69 Å².